The van der Waals surface area contributed by atoms with Crippen LogP contribution in [0.1, 0.15) is 36.3 Å². The molecule has 0 aliphatic heterocycles. The quantitative estimate of drug-likeness (QED) is 0.848. The molecule has 0 saturated heterocycles. The summed E-state index contributed by atoms with van der Waals surface area (Å²) in [5, 5.41) is 12.0. The van der Waals surface area contributed by atoms with Gasteiger partial charge in [-0.3, -0.25) is 4.79 Å². The number of fused-ring (bicyclic) bond motifs is 3. The highest BCUT2D eigenvalue weighted by Gasteiger charge is 2.71. The van der Waals surface area contributed by atoms with E-state index in [0.717, 1.165) is 0 Å². The van der Waals surface area contributed by atoms with Gasteiger partial charge in [-0.2, -0.15) is 0 Å². The minimum absolute atomic E-state index is 0.0238. The highest BCUT2D eigenvalue weighted by Crippen LogP contribution is 2.73. The van der Waals surface area contributed by atoms with Crippen LogP contribution in [0.25, 0.3) is 11.1 Å². The summed E-state index contributed by atoms with van der Waals surface area (Å²) in [5.41, 5.74) is 4.25. The Kier molecular flexibility index (Phi) is 3.39. The molecule has 3 saturated carbocycles. The van der Waals surface area contributed by atoms with Crippen LogP contribution in [0.2, 0.25) is 0 Å². The van der Waals surface area contributed by atoms with Gasteiger partial charge in [-0.15, -0.1) is 0 Å². The van der Waals surface area contributed by atoms with Crippen molar-refractivity contribution in [3.63, 3.8) is 0 Å². The van der Waals surface area contributed by atoms with E-state index in [1.165, 1.54) is 22.3 Å². The number of benzene rings is 2. The van der Waals surface area contributed by atoms with E-state index in [1.54, 1.807) is 0 Å². The third-order valence-corrected chi connectivity index (χ3v) is 6.55. The predicted molar refractivity (Wildman–Crippen MR) is 99.4 cm³/mol. The van der Waals surface area contributed by atoms with E-state index in [4.69, 9.17) is 4.74 Å². The van der Waals surface area contributed by atoms with Crippen molar-refractivity contribution < 1.29 is 19.4 Å². The Morgan fingerprint density at radius 1 is 1.00 bits per heavy atom. The molecule has 5 heteroatoms. The first-order valence-corrected chi connectivity index (χ1v) is 9.34. The van der Waals surface area contributed by atoms with Crippen molar-refractivity contribution in [3.8, 4) is 11.1 Å². The van der Waals surface area contributed by atoms with Crippen LogP contribution in [0.3, 0.4) is 0 Å². The molecule has 0 atom stereocenters. The lowest BCUT2D eigenvalue weighted by molar-refractivity contribution is -0.220. The Labute approximate surface area is 157 Å². The van der Waals surface area contributed by atoms with E-state index < -0.39 is 17.5 Å². The summed E-state index contributed by atoms with van der Waals surface area (Å²) in [6.45, 7) is 0.796. The molecule has 0 spiro atoms. The van der Waals surface area contributed by atoms with Gasteiger partial charge in [-0.1, -0.05) is 48.5 Å². The Bertz CT molecular complexity index is 886. The number of carboxylic acid groups (broad SMARTS) is 1. The average Bonchev–Trinajstić information content (AvgIpc) is 2.91. The fourth-order valence-corrected chi connectivity index (χ4v) is 5.32. The van der Waals surface area contributed by atoms with Gasteiger partial charge in [-0.05, 0) is 46.9 Å². The van der Waals surface area contributed by atoms with Crippen molar-refractivity contribution in [3.05, 3.63) is 59.7 Å². The second kappa shape index (κ2) is 5.59. The summed E-state index contributed by atoms with van der Waals surface area (Å²) in [5.74, 6) is -0.654. The van der Waals surface area contributed by atoms with Crippen molar-refractivity contribution in [1.82, 2.24) is 5.32 Å². The number of hydrogen-bond donors (Lipinski definition) is 2. The first kappa shape index (κ1) is 16.4. The summed E-state index contributed by atoms with van der Waals surface area (Å²) >= 11 is 0. The number of amides is 1. The number of nitrogens with one attached hydrogen (secondary N) is 1. The standard InChI is InChI=1S/C22H21NO4/c24-19(25)22-10-21(11-22,12-22)13-23-20(26)27-9-18-16-7-3-1-5-14(16)15-6-2-4-8-17(15)18/h1-8,18H,9-13H2,(H,23,26)(H,24,25). The summed E-state index contributed by atoms with van der Waals surface area (Å²) in [7, 11) is 0. The number of hydrogen-bond acceptors (Lipinski definition) is 3. The van der Waals surface area contributed by atoms with Crippen LogP contribution in [0, 0.1) is 10.8 Å². The molecule has 2 aromatic carbocycles. The van der Waals surface area contributed by atoms with E-state index >= 15 is 0 Å². The number of aliphatic carboxylic acids is 1. The van der Waals surface area contributed by atoms with Crippen molar-refractivity contribution in [2.75, 3.05) is 13.2 Å². The molecule has 4 aliphatic carbocycles. The van der Waals surface area contributed by atoms with E-state index in [1.807, 2.05) is 24.3 Å². The summed E-state index contributed by atoms with van der Waals surface area (Å²) in [6.07, 6.45) is 1.57. The second-order valence-corrected chi connectivity index (χ2v) is 8.29. The number of carboxylic acids is 1. The van der Waals surface area contributed by atoms with Gasteiger partial charge in [0.25, 0.3) is 0 Å². The molecule has 5 nitrogen and oxygen atoms in total. The van der Waals surface area contributed by atoms with Crippen LogP contribution < -0.4 is 5.32 Å². The molecule has 2 N–H and O–H groups in total. The van der Waals surface area contributed by atoms with Gasteiger partial charge in [0.2, 0.25) is 0 Å². The van der Waals surface area contributed by atoms with Gasteiger partial charge in [0.1, 0.15) is 6.61 Å². The molecular weight excluding hydrogens is 342 g/mol. The van der Waals surface area contributed by atoms with Crippen LogP contribution >= 0.6 is 0 Å². The van der Waals surface area contributed by atoms with Crippen LogP contribution in [0.15, 0.2) is 48.5 Å². The summed E-state index contributed by atoms with van der Waals surface area (Å²) in [6, 6.07) is 16.5. The topological polar surface area (TPSA) is 75.6 Å². The van der Waals surface area contributed by atoms with E-state index in [0.29, 0.717) is 32.4 Å². The molecule has 4 aliphatic rings. The molecule has 0 aromatic heterocycles. The number of ether oxygens (including phenoxy) is 1. The zero-order valence-electron chi connectivity index (χ0n) is 14.9. The largest absolute Gasteiger partial charge is 0.481 e. The number of carbonyl (C=O) groups excluding carboxylic acids is 1. The molecule has 27 heavy (non-hydrogen) atoms. The van der Waals surface area contributed by atoms with Crippen molar-refractivity contribution in [2.24, 2.45) is 10.8 Å². The Morgan fingerprint density at radius 2 is 1.56 bits per heavy atom. The van der Waals surface area contributed by atoms with E-state index in [9.17, 15) is 14.7 Å². The van der Waals surface area contributed by atoms with Crippen LogP contribution in [-0.2, 0) is 9.53 Å². The zero-order chi connectivity index (χ0) is 18.6. The van der Waals surface area contributed by atoms with Gasteiger partial charge < -0.3 is 15.2 Å². The molecule has 6 rings (SSSR count). The molecule has 1 amide bonds. The minimum atomic E-state index is -0.703. The predicted octanol–water partition coefficient (Wildman–Crippen LogP) is 3.78. The molecule has 2 aromatic rings. The van der Waals surface area contributed by atoms with Crippen molar-refractivity contribution in [2.45, 2.75) is 25.2 Å². The third-order valence-electron chi connectivity index (χ3n) is 6.55. The molecule has 0 heterocycles. The lowest BCUT2D eigenvalue weighted by atomic mass is 9.35. The molecule has 3 fully saturated rings. The van der Waals surface area contributed by atoms with Crippen molar-refractivity contribution >= 4 is 12.1 Å². The number of carbonyl (C=O) groups is 2. The van der Waals surface area contributed by atoms with Gasteiger partial charge >= 0.3 is 12.1 Å². The molecule has 0 radical (unpaired) electrons. The zero-order valence-corrected chi connectivity index (χ0v) is 14.9. The maximum Gasteiger partial charge on any atom is 0.407 e. The normalized spacial score (nSPS) is 27.0. The van der Waals surface area contributed by atoms with Crippen LogP contribution in [0.4, 0.5) is 4.79 Å². The lowest BCUT2D eigenvalue weighted by Gasteiger charge is -2.68. The molecule has 2 bridgehead atoms. The number of rotatable bonds is 5. The molecular formula is C22H21NO4. The smallest absolute Gasteiger partial charge is 0.407 e. The average molecular weight is 363 g/mol. The van der Waals surface area contributed by atoms with Crippen LogP contribution in [0.5, 0.6) is 0 Å². The first-order valence-electron chi connectivity index (χ1n) is 9.34. The SMILES string of the molecule is O=C(NCC12CC(C(=O)O)(C1)C2)OCC1c2ccccc2-c2ccccc21. The Morgan fingerprint density at radius 3 is 2.11 bits per heavy atom. The third kappa shape index (κ3) is 2.37. The van der Waals surface area contributed by atoms with Crippen molar-refractivity contribution in [1.29, 1.82) is 0 Å². The fraction of sp³-hybridized carbons (Fsp3) is 0.364. The van der Waals surface area contributed by atoms with Gasteiger partial charge in [0.15, 0.2) is 0 Å². The fourth-order valence-electron chi connectivity index (χ4n) is 5.32. The highest BCUT2D eigenvalue weighted by atomic mass is 16.5. The van der Waals surface area contributed by atoms with Crippen LogP contribution in [-0.4, -0.2) is 30.3 Å². The summed E-state index contributed by atoms with van der Waals surface area (Å²) < 4.78 is 5.53. The molecule has 0 unspecified atom stereocenters. The highest BCUT2D eigenvalue weighted by molar-refractivity contribution is 5.80. The monoisotopic (exact) mass is 363 g/mol. The number of alkyl carbamates (subject to hydrolysis) is 1. The van der Waals surface area contributed by atoms with Gasteiger partial charge in [-0.25, -0.2) is 4.79 Å². The lowest BCUT2D eigenvalue weighted by Crippen LogP contribution is -2.68. The minimum Gasteiger partial charge on any atom is -0.481 e. The Balaban J connectivity index is 1.20. The maximum atomic E-state index is 12.2. The Hall–Kier alpha value is -2.82. The van der Waals surface area contributed by atoms with Gasteiger partial charge in [0.05, 0.1) is 5.41 Å². The van der Waals surface area contributed by atoms with E-state index in [2.05, 4.69) is 29.6 Å². The first-order chi connectivity index (χ1) is 13.0. The second-order valence-electron chi connectivity index (χ2n) is 8.29. The van der Waals surface area contributed by atoms with E-state index in [-0.39, 0.29) is 11.3 Å². The molecule has 138 valence electrons. The summed E-state index contributed by atoms with van der Waals surface area (Å²) in [4.78, 5) is 23.4. The maximum absolute atomic E-state index is 12.2. The van der Waals surface area contributed by atoms with Gasteiger partial charge in [0, 0.05) is 12.5 Å².